The summed E-state index contributed by atoms with van der Waals surface area (Å²) in [6, 6.07) is 5.02. The Balaban J connectivity index is 2.68. The van der Waals surface area contributed by atoms with E-state index in [4.69, 9.17) is 15.9 Å². The van der Waals surface area contributed by atoms with E-state index in [-0.39, 0.29) is 19.1 Å². The first kappa shape index (κ1) is 14.9. The average molecular weight is 263 g/mol. The number of rotatable bonds is 6. The Hall–Kier alpha value is -2.19. The highest BCUT2D eigenvalue weighted by molar-refractivity contribution is 5.77. The van der Waals surface area contributed by atoms with Crippen molar-refractivity contribution < 1.29 is 19.4 Å². The molecular formula is C14H17NO4. The first-order valence-electron chi connectivity index (χ1n) is 5.77. The second kappa shape index (κ2) is 7.29. The molecule has 0 saturated carbocycles. The number of ether oxygens (including phenoxy) is 2. The van der Waals surface area contributed by atoms with Crippen molar-refractivity contribution in [1.29, 1.82) is 0 Å². The highest BCUT2D eigenvalue weighted by Gasteiger charge is 2.10. The Bertz CT molecular complexity index is 477. The number of terminal acetylenes is 1. The van der Waals surface area contributed by atoms with Crippen LogP contribution in [-0.4, -0.2) is 31.3 Å². The zero-order valence-corrected chi connectivity index (χ0v) is 11.0. The van der Waals surface area contributed by atoms with E-state index < -0.39 is 6.10 Å². The van der Waals surface area contributed by atoms with E-state index in [1.165, 1.54) is 7.11 Å². The lowest BCUT2D eigenvalue weighted by Gasteiger charge is -2.13. The number of carbonyl (C=O) groups is 1. The summed E-state index contributed by atoms with van der Waals surface area (Å²) in [6.45, 7) is 1.68. The summed E-state index contributed by atoms with van der Waals surface area (Å²) in [4.78, 5) is 11.3. The quantitative estimate of drug-likeness (QED) is 0.748. The number of aliphatic hydroxyl groups is 1. The van der Waals surface area contributed by atoms with E-state index in [0.717, 1.165) is 0 Å². The van der Waals surface area contributed by atoms with Crippen molar-refractivity contribution in [3.05, 3.63) is 23.8 Å². The van der Waals surface area contributed by atoms with Gasteiger partial charge in [0.25, 0.3) is 5.91 Å². The molecule has 1 atom stereocenters. The van der Waals surface area contributed by atoms with Crippen LogP contribution in [0.2, 0.25) is 0 Å². The minimum atomic E-state index is -0.595. The minimum absolute atomic E-state index is 0.147. The minimum Gasteiger partial charge on any atom is -0.493 e. The number of hydrogen-bond acceptors (Lipinski definition) is 4. The maximum Gasteiger partial charge on any atom is 0.258 e. The van der Waals surface area contributed by atoms with Crippen LogP contribution < -0.4 is 14.8 Å². The van der Waals surface area contributed by atoms with E-state index in [1.54, 1.807) is 25.1 Å². The number of aliphatic hydroxyl groups excluding tert-OH is 1. The molecule has 0 heterocycles. The van der Waals surface area contributed by atoms with E-state index in [0.29, 0.717) is 17.1 Å². The Labute approximate surface area is 112 Å². The molecule has 0 aromatic heterocycles. The Morgan fingerprint density at radius 1 is 1.53 bits per heavy atom. The van der Waals surface area contributed by atoms with Crippen molar-refractivity contribution in [2.45, 2.75) is 13.0 Å². The van der Waals surface area contributed by atoms with E-state index in [1.807, 2.05) is 0 Å². The molecule has 102 valence electrons. The van der Waals surface area contributed by atoms with Gasteiger partial charge in [-0.15, -0.1) is 6.42 Å². The molecule has 5 heteroatoms. The van der Waals surface area contributed by atoms with Crippen molar-refractivity contribution in [2.24, 2.45) is 0 Å². The Morgan fingerprint density at radius 3 is 2.84 bits per heavy atom. The molecule has 2 N–H and O–H groups in total. The summed E-state index contributed by atoms with van der Waals surface area (Å²) >= 11 is 0. The van der Waals surface area contributed by atoms with Gasteiger partial charge in [0.05, 0.1) is 19.8 Å². The van der Waals surface area contributed by atoms with Crippen molar-refractivity contribution >= 4 is 5.91 Å². The van der Waals surface area contributed by atoms with E-state index in [2.05, 4.69) is 11.2 Å². The molecule has 0 unspecified atom stereocenters. The molecule has 0 saturated heterocycles. The standard InChI is InChI=1S/C14H17NO4/c1-4-7-15-14(17)9-19-12-6-5-11(10(2)16)8-13(12)18-3/h1,5-6,8,10,16H,7,9H2,2-3H3,(H,15,17)/t10-/m1/s1. The van der Waals surface area contributed by atoms with Gasteiger partial charge in [-0.1, -0.05) is 12.0 Å². The number of benzene rings is 1. The van der Waals surface area contributed by atoms with Crippen molar-refractivity contribution in [2.75, 3.05) is 20.3 Å². The van der Waals surface area contributed by atoms with Crippen LogP contribution in [0.5, 0.6) is 11.5 Å². The van der Waals surface area contributed by atoms with Gasteiger partial charge in [-0.25, -0.2) is 0 Å². The van der Waals surface area contributed by atoms with Crippen LogP contribution in [0.3, 0.4) is 0 Å². The largest absolute Gasteiger partial charge is 0.493 e. The first-order valence-corrected chi connectivity index (χ1v) is 5.77. The Kier molecular flexibility index (Phi) is 5.71. The van der Waals surface area contributed by atoms with E-state index >= 15 is 0 Å². The molecular weight excluding hydrogens is 246 g/mol. The molecule has 0 aliphatic heterocycles. The molecule has 0 fully saturated rings. The predicted molar refractivity (Wildman–Crippen MR) is 71.0 cm³/mol. The molecule has 0 aliphatic rings. The summed E-state index contributed by atoms with van der Waals surface area (Å²) in [5.74, 6) is 2.89. The molecule has 1 rings (SSSR count). The second-order valence-corrected chi connectivity index (χ2v) is 3.86. The molecule has 0 spiro atoms. The summed E-state index contributed by atoms with van der Waals surface area (Å²) in [7, 11) is 1.49. The highest BCUT2D eigenvalue weighted by Crippen LogP contribution is 2.30. The van der Waals surface area contributed by atoms with Crippen molar-refractivity contribution in [3.8, 4) is 23.8 Å². The number of carbonyl (C=O) groups excluding carboxylic acids is 1. The highest BCUT2D eigenvalue weighted by atomic mass is 16.5. The molecule has 0 bridgehead atoms. The van der Waals surface area contributed by atoms with Crippen LogP contribution >= 0.6 is 0 Å². The monoisotopic (exact) mass is 263 g/mol. The van der Waals surface area contributed by atoms with Crippen LogP contribution in [0.15, 0.2) is 18.2 Å². The van der Waals surface area contributed by atoms with E-state index in [9.17, 15) is 9.90 Å². The van der Waals surface area contributed by atoms with Gasteiger partial charge < -0.3 is 19.9 Å². The summed E-state index contributed by atoms with van der Waals surface area (Å²) in [5.41, 5.74) is 0.709. The van der Waals surface area contributed by atoms with Crippen molar-refractivity contribution in [1.82, 2.24) is 5.32 Å². The maximum absolute atomic E-state index is 11.3. The lowest BCUT2D eigenvalue weighted by atomic mass is 10.1. The molecule has 5 nitrogen and oxygen atoms in total. The number of hydrogen-bond donors (Lipinski definition) is 2. The van der Waals surface area contributed by atoms with Gasteiger partial charge in [0, 0.05) is 0 Å². The van der Waals surface area contributed by atoms with Gasteiger partial charge in [-0.2, -0.15) is 0 Å². The second-order valence-electron chi connectivity index (χ2n) is 3.86. The molecule has 0 radical (unpaired) electrons. The third-order valence-electron chi connectivity index (χ3n) is 2.42. The summed E-state index contributed by atoms with van der Waals surface area (Å²) in [6.07, 6.45) is 4.43. The fraction of sp³-hybridized carbons (Fsp3) is 0.357. The first-order chi connectivity index (χ1) is 9.08. The Morgan fingerprint density at radius 2 is 2.26 bits per heavy atom. The SMILES string of the molecule is C#CCNC(=O)COc1ccc([C@@H](C)O)cc1OC. The molecule has 1 aromatic rings. The molecule has 19 heavy (non-hydrogen) atoms. The lowest BCUT2D eigenvalue weighted by Crippen LogP contribution is -2.29. The van der Waals surface area contributed by atoms with Gasteiger partial charge in [0.15, 0.2) is 18.1 Å². The van der Waals surface area contributed by atoms with Crippen LogP contribution in [0.25, 0.3) is 0 Å². The third-order valence-corrected chi connectivity index (χ3v) is 2.42. The summed E-state index contributed by atoms with van der Waals surface area (Å²) < 4.78 is 10.5. The van der Waals surface area contributed by atoms with Crippen LogP contribution in [0.4, 0.5) is 0 Å². The van der Waals surface area contributed by atoms with Gasteiger partial charge >= 0.3 is 0 Å². The van der Waals surface area contributed by atoms with Gasteiger partial charge in [-0.3, -0.25) is 4.79 Å². The van der Waals surface area contributed by atoms with Crippen LogP contribution in [0, 0.1) is 12.3 Å². The number of nitrogens with one attached hydrogen (secondary N) is 1. The molecule has 1 amide bonds. The van der Waals surface area contributed by atoms with Gasteiger partial charge in [0.2, 0.25) is 0 Å². The fourth-order valence-electron chi connectivity index (χ4n) is 1.41. The molecule has 1 aromatic carbocycles. The normalized spacial score (nSPS) is 11.3. The van der Waals surface area contributed by atoms with Crippen LogP contribution in [-0.2, 0) is 4.79 Å². The fourth-order valence-corrected chi connectivity index (χ4v) is 1.41. The number of methoxy groups -OCH3 is 1. The van der Waals surface area contributed by atoms with Gasteiger partial charge in [-0.05, 0) is 24.6 Å². The number of amides is 1. The predicted octanol–water partition coefficient (Wildman–Crippen LogP) is 0.877. The smallest absolute Gasteiger partial charge is 0.258 e. The zero-order chi connectivity index (χ0) is 14.3. The van der Waals surface area contributed by atoms with Gasteiger partial charge in [0.1, 0.15) is 0 Å². The van der Waals surface area contributed by atoms with Crippen molar-refractivity contribution in [3.63, 3.8) is 0 Å². The van der Waals surface area contributed by atoms with Crippen LogP contribution in [0.1, 0.15) is 18.6 Å². The third kappa shape index (κ3) is 4.53. The zero-order valence-electron chi connectivity index (χ0n) is 11.0. The maximum atomic E-state index is 11.3. The summed E-state index contributed by atoms with van der Waals surface area (Å²) in [5, 5.41) is 12.0. The topological polar surface area (TPSA) is 67.8 Å². The molecule has 0 aliphatic carbocycles. The lowest BCUT2D eigenvalue weighted by molar-refractivity contribution is -0.122. The average Bonchev–Trinajstić information content (AvgIpc) is 2.42.